The van der Waals surface area contributed by atoms with E-state index in [0.29, 0.717) is 22.8 Å². The Hall–Kier alpha value is -2.39. The zero-order chi connectivity index (χ0) is 20.4. The zero-order valence-corrected chi connectivity index (χ0v) is 17.3. The van der Waals surface area contributed by atoms with Gasteiger partial charge >= 0.3 is 0 Å². The Kier molecular flexibility index (Phi) is 5.96. The Balaban J connectivity index is 2.22. The summed E-state index contributed by atoms with van der Waals surface area (Å²) in [5.41, 5.74) is 0.718. The van der Waals surface area contributed by atoms with Gasteiger partial charge in [0.15, 0.2) is 0 Å². The highest BCUT2D eigenvalue weighted by atomic mass is 32.2. The fourth-order valence-corrected chi connectivity index (χ4v) is 4.55. The number of ether oxygens (including phenoxy) is 1. The third-order valence-electron chi connectivity index (χ3n) is 3.67. The molecule has 2 rings (SSSR count). The summed E-state index contributed by atoms with van der Waals surface area (Å²) in [4.78, 5) is 12.5. The van der Waals surface area contributed by atoms with Crippen LogP contribution in [0.2, 0.25) is 0 Å². The van der Waals surface area contributed by atoms with Gasteiger partial charge in [0.2, 0.25) is 15.9 Å². The Labute approximate surface area is 160 Å². The number of hydrogen-bond donors (Lipinski definition) is 2. The quantitative estimate of drug-likeness (QED) is 0.782. The van der Waals surface area contributed by atoms with Gasteiger partial charge in [-0.2, -0.15) is 5.10 Å². The average molecular weight is 394 g/mol. The van der Waals surface area contributed by atoms with E-state index in [2.05, 4.69) is 15.1 Å². The van der Waals surface area contributed by atoms with Crippen LogP contribution in [0, 0.1) is 13.8 Å². The molecule has 0 aliphatic rings. The minimum absolute atomic E-state index is 0.102. The van der Waals surface area contributed by atoms with Gasteiger partial charge in [0, 0.05) is 17.3 Å². The van der Waals surface area contributed by atoms with Crippen molar-refractivity contribution in [2.75, 3.05) is 12.4 Å². The van der Waals surface area contributed by atoms with Crippen molar-refractivity contribution in [1.82, 2.24) is 14.5 Å². The van der Waals surface area contributed by atoms with Crippen molar-refractivity contribution in [3.63, 3.8) is 0 Å². The molecule has 0 fully saturated rings. The molecule has 0 saturated heterocycles. The molecule has 2 aromatic rings. The van der Waals surface area contributed by atoms with Crippen molar-refractivity contribution in [2.24, 2.45) is 0 Å². The Morgan fingerprint density at radius 3 is 2.52 bits per heavy atom. The molecule has 8 nitrogen and oxygen atoms in total. The van der Waals surface area contributed by atoms with Gasteiger partial charge in [-0.3, -0.25) is 9.48 Å². The van der Waals surface area contributed by atoms with Crippen LogP contribution < -0.4 is 14.8 Å². The highest BCUT2D eigenvalue weighted by molar-refractivity contribution is 7.89. The van der Waals surface area contributed by atoms with Crippen LogP contribution in [0.25, 0.3) is 0 Å². The second-order valence-electron chi connectivity index (χ2n) is 7.29. The standard InChI is InChI=1S/C18H26N4O4S/c1-12-17(27(24,25)21-18(3,4)5)13(2)22(20-12)11-16(23)19-14-8-7-9-15(10-14)26-6/h7-10,21H,11H2,1-6H3,(H,19,23). The summed E-state index contributed by atoms with van der Waals surface area (Å²) < 4.78 is 34.5. The molecule has 1 aromatic heterocycles. The third-order valence-corrected chi connectivity index (χ3v) is 5.68. The number of hydrogen-bond acceptors (Lipinski definition) is 5. The summed E-state index contributed by atoms with van der Waals surface area (Å²) >= 11 is 0. The van der Waals surface area contributed by atoms with E-state index in [0.717, 1.165) is 0 Å². The number of carbonyl (C=O) groups is 1. The van der Waals surface area contributed by atoms with Crippen LogP contribution in [-0.2, 0) is 21.4 Å². The molecular formula is C18H26N4O4S. The molecular weight excluding hydrogens is 368 g/mol. The number of aryl methyl sites for hydroxylation is 1. The van der Waals surface area contributed by atoms with Crippen LogP contribution in [0.1, 0.15) is 32.2 Å². The lowest BCUT2D eigenvalue weighted by molar-refractivity contribution is -0.116. The predicted molar refractivity (Wildman–Crippen MR) is 103 cm³/mol. The molecule has 0 atom stereocenters. The first-order chi connectivity index (χ1) is 12.4. The fourth-order valence-electron chi connectivity index (χ4n) is 2.71. The molecule has 0 radical (unpaired) electrons. The van der Waals surface area contributed by atoms with E-state index in [1.54, 1.807) is 66.0 Å². The van der Waals surface area contributed by atoms with Gasteiger partial charge in [-0.1, -0.05) is 6.07 Å². The van der Waals surface area contributed by atoms with Gasteiger partial charge in [-0.05, 0) is 46.8 Å². The third kappa shape index (κ3) is 5.30. The fraction of sp³-hybridized carbons (Fsp3) is 0.444. The van der Waals surface area contributed by atoms with Crippen molar-refractivity contribution >= 4 is 21.6 Å². The predicted octanol–water partition coefficient (Wildman–Crippen LogP) is 2.22. The first-order valence-corrected chi connectivity index (χ1v) is 9.93. The minimum atomic E-state index is -3.74. The molecule has 148 valence electrons. The van der Waals surface area contributed by atoms with E-state index in [4.69, 9.17) is 4.74 Å². The molecule has 0 spiro atoms. The van der Waals surface area contributed by atoms with E-state index in [1.165, 1.54) is 4.68 Å². The van der Waals surface area contributed by atoms with Crippen molar-refractivity contribution in [2.45, 2.75) is 51.6 Å². The highest BCUT2D eigenvalue weighted by Gasteiger charge is 2.29. The molecule has 9 heteroatoms. The number of carbonyl (C=O) groups excluding carboxylic acids is 1. The first kappa shape index (κ1) is 20.9. The summed E-state index contributed by atoms with van der Waals surface area (Å²) in [5, 5.41) is 6.99. The summed E-state index contributed by atoms with van der Waals surface area (Å²) in [5.74, 6) is 0.308. The van der Waals surface area contributed by atoms with Gasteiger partial charge in [-0.15, -0.1) is 0 Å². The zero-order valence-electron chi connectivity index (χ0n) is 16.5. The Morgan fingerprint density at radius 2 is 1.93 bits per heavy atom. The van der Waals surface area contributed by atoms with Crippen LogP contribution in [0.15, 0.2) is 29.2 Å². The molecule has 1 aromatic carbocycles. The van der Waals surface area contributed by atoms with Crippen molar-refractivity contribution in [3.05, 3.63) is 35.7 Å². The monoisotopic (exact) mass is 394 g/mol. The first-order valence-electron chi connectivity index (χ1n) is 8.45. The van der Waals surface area contributed by atoms with Gasteiger partial charge < -0.3 is 10.1 Å². The second-order valence-corrected chi connectivity index (χ2v) is 8.91. The molecule has 0 saturated carbocycles. The van der Waals surface area contributed by atoms with E-state index in [9.17, 15) is 13.2 Å². The number of methoxy groups -OCH3 is 1. The maximum Gasteiger partial charge on any atom is 0.246 e. The van der Waals surface area contributed by atoms with Crippen molar-refractivity contribution < 1.29 is 17.9 Å². The Bertz CT molecular complexity index is 943. The van der Waals surface area contributed by atoms with E-state index in [-0.39, 0.29) is 17.3 Å². The number of rotatable bonds is 6. The number of sulfonamides is 1. The summed E-state index contributed by atoms with van der Waals surface area (Å²) in [6.45, 7) is 8.44. The topological polar surface area (TPSA) is 102 Å². The molecule has 1 amide bonds. The largest absolute Gasteiger partial charge is 0.497 e. The lowest BCUT2D eigenvalue weighted by Gasteiger charge is -2.20. The molecule has 0 aliphatic carbocycles. The number of amides is 1. The van der Waals surface area contributed by atoms with E-state index < -0.39 is 15.6 Å². The van der Waals surface area contributed by atoms with Crippen LogP contribution in [0.4, 0.5) is 5.69 Å². The van der Waals surface area contributed by atoms with Crippen molar-refractivity contribution in [1.29, 1.82) is 0 Å². The number of anilines is 1. The summed E-state index contributed by atoms with van der Waals surface area (Å²) in [6, 6.07) is 6.98. The molecule has 27 heavy (non-hydrogen) atoms. The van der Waals surface area contributed by atoms with E-state index in [1.807, 2.05) is 0 Å². The maximum absolute atomic E-state index is 12.7. The maximum atomic E-state index is 12.7. The molecule has 2 N–H and O–H groups in total. The van der Waals surface area contributed by atoms with Crippen molar-refractivity contribution in [3.8, 4) is 5.75 Å². The van der Waals surface area contributed by atoms with Crippen LogP contribution in [-0.4, -0.2) is 36.8 Å². The lowest BCUT2D eigenvalue weighted by atomic mass is 10.1. The SMILES string of the molecule is COc1cccc(NC(=O)Cn2nc(C)c(S(=O)(=O)NC(C)(C)C)c2C)c1. The molecule has 0 unspecified atom stereocenters. The highest BCUT2D eigenvalue weighted by Crippen LogP contribution is 2.21. The molecule has 0 bridgehead atoms. The summed E-state index contributed by atoms with van der Waals surface area (Å²) in [7, 11) is -2.20. The number of aromatic nitrogens is 2. The molecule has 1 heterocycles. The number of nitrogens with zero attached hydrogens (tertiary/aromatic N) is 2. The Morgan fingerprint density at radius 1 is 1.26 bits per heavy atom. The van der Waals surface area contributed by atoms with Crippen LogP contribution >= 0.6 is 0 Å². The minimum Gasteiger partial charge on any atom is -0.497 e. The lowest BCUT2D eigenvalue weighted by Crippen LogP contribution is -2.40. The molecule has 0 aliphatic heterocycles. The average Bonchev–Trinajstić information content (AvgIpc) is 2.79. The van der Waals surface area contributed by atoms with Gasteiger partial charge in [0.1, 0.15) is 17.2 Å². The second kappa shape index (κ2) is 7.69. The van der Waals surface area contributed by atoms with Gasteiger partial charge in [0.05, 0.1) is 18.5 Å². The number of benzene rings is 1. The van der Waals surface area contributed by atoms with Crippen LogP contribution in [0.3, 0.4) is 0 Å². The normalized spacial score (nSPS) is 12.1. The van der Waals surface area contributed by atoms with E-state index >= 15 is 0 Å². The summed E-state index contributed by atoms with van der Waals surface area (Å²) in [6.07, 6.45) is 0. The van der Waals surface area contributed by atoms with Crippen LogP contribution in [0.5, 0.6) is 5.75 Å². The van der Waals surface area contributed by atoms with Gasteiger partial charge in [0.25, 0.3) is 0 Å². The van der Waals surface area contributed by atoms with Gasteiger partial charge in [-0.25, -0.2) is 13.1 Å². The smallest absolute Gasteiger partial charge is 0.246 e. The number of nitrogens with one attached hydrogen (secondary N) is 2.